The van der Waals surface area contributed by atoms with E-state index in [1.807, 2.05) is 0 Å². The number of hydrogen-bond donors (Lipinski definition) is 0. The lowest BCUT2D eigenvalue weighted by Gasteiger charge is -2.33. The number of esters is 4. The summed E-state index contributed by atoms with van der Waals surface area (Å²) in [5, 5.41) is 0. The van der Waals surface area contributed by atoms with Gasteiger partial charge in [0.05, 0.1) is 5.92 Å². The van der Waals surface area contributed by atoms with Crippen LogP contribution in [0.3, 0.4) is 0 Å². The first kappa shape index (κ1) is 25.0. The highest BCUT2D eigenvalue weighted by atomic mass is 16.7. The van der Waals surface area contributed by atoms with Crippen LogP contribution in [0.15, 0.2) is 23.3 Å². The van der Waals surface area contributed by atoms with Crippen molar-refractivity contribution in [2.75, 3.05) is 0 Å². The van der Waals surface area contributed by atoms with Crippen LogP contribution in [-0.4, -0.2) is 60.0 Å². The van der Waals surface area contributed by atoms with E-state index in [0.717, 1.165) is 5.57 Å². The normalized spacial score (nSPS) is 39.7. The molecule has 0 radical (unpaired) electrons. The van der Waals surface area contributed by atoms with Gasteiger partial charge in [0.1, 0.15) is 23.9 Å². The Labute approximate surface area is 193 Å². The number of hydrogen-bond acceptors (Lipinski definition) is 9. The molecule has 8 atom stereocenters. The molecular formula is C24H32O9. The van der Waals surface area contributed by atoms with Crippen molar-refractivity contribution in [1.29, 1.82) is 0 Å². The third kappa shape index (κ3) is 4.98. The van der Waals surface area contributed by atoms with Crippen molar-refractivity contribution in [3.05, 3.63) is 23.3 Å². The van der Waals surface area contributed by atoms with Gasteiger partial charge in [0, 0.05) is 31.8 Å². The molecule has 2 saturated heterocycles. The molecule has 0 unspecified atom stereocenters. The molecule has 2 fully saturated rings. The molecule has 9 nitrogen and oxygen atoms in total. The molecule has 1 aliphatic carbocycles. The number of carbonyl (C=O) groups is 4. The molecular weight excluding hydrogens is 432 g/mol. The highest BCUT2D eigenvalue weighted by Crippen LogP contribution is 2.52. The molecule has 0 aromatic rings. The number of fused-ring (bicyclic) bond motifs is 3. The minimum atomic E-state index is -1.07. The van der Waals surface area contributed by atoms with Gasteiger partial charge in [-0.3, -0.25) is 14.4 Å². The van der Waals surface area contributed by atoms with E-state index in [9.17, 15) is 19.2 Å². The molecule has 0 aromatic heterocycles. The van der Waals surface area contributed by atoms with Crippen molar-refractivity contribution in [2.24, 2.45) is 11.8 Å². The lowest BCUT2D eigenvalue weighted by molar-refractivity contribution is -0.166. The lowest BCUT2D eigenvalue weighted by atomic mass is 9.78. The van der Waals surface area contributed by atoms with Gasteiger partial charge in [-0.2, -0.15) is 0 Å². The molecule has 0 spiro atoms. The van der Waals surface area contributed by atoms with Gasteiger partial charge in [-0.05, 0) is 33.8 Å². The smallest absolute Gasteiger partial charge is 0.333 e. The van der Waals surface area contributed by atoms with E-state index < -0.39 is 71.8 Å². The Morgan fingerprint density at radius 2 is 1.76 bits per heavy atom. The topological polar surface area (TPSA) is 118 Å². The molecule has 3 aliphatic rings. The van der Waals surface area contributed by atoms with Crippen molar-refractivity contribution in [1.82, 2.24) is 0 Å². The van der Waals surface area contributed by atoms with Crippen LogP contribution < -0.4 is 0 Å². The fourth-order valence-electron chi connectivity index (χ4n) is 4.75. The number of carbonyl (C=O) groups excluding carboxylic acids is 4. The van der Waals surface area contributed by atoms with Gasteiger partial charge in [0.15, 0.2) is 12.2 Å². The van der Waals surface area contributed by atoms with Gasteiger partial charge in [0.2, 0.25) is 0 Å². The van der Waals surface area contributed by atoms with Crippen molar-refractivity contribution in [3.8, 4) is 0 Å². The summed E-state index contributed by atoms with van der Waals surface area (Å²) >= 11 is 0. The van der Waals surface area contributed by atoms with E-state index in [1.165, 1.54) is 13.8 Å². The highest BCUT2D eigenvalue weighted by molar-refractivity contribution is 5.87. The number of allylic oxidation sites excluding steroid dienone is 1. The summed E-state index contributed by atoms with van der Waals surface area (Å²) in [4.78, 5) is 48.9. The van der Waals surface area contributed by atoms with E-state index >= 15 is 0 Å². The largest absolute Gasteiger partial charge is 0.459 e. The maximum atomic E-state index is 12.6. The predicted molar refractivity (Wildman–Crippen MR) is 115 cm³/mol. The molecule has 0 N–H and O–H groups in total. The van der Waals surface area contributed by atoms with Gasteiger partial charge >= 0.3 is 23.9 Å². The molecule has 0 bridgehead atoms. The molecule has 0 saturated carbocycles. The molecule has 9 heteroatoms. The maximum absolute atomic E-state index is 12.6. The Bertz CT molecular complexity index is 904. The van der Waals surface area contributed by atoms with Crippen molar-refractivity contribution >= 4 is 23.9 Å². The van der Waals surface area contributed by atoms with E-state index in [-0.39, 0.29) is 6.42 Å². The van der Waals surface area contributed by atoms with E-state index in [4.69, 9.17) is 23.7 Å². The average Bonchev–Trinajstić information content (AvgIpc) is 3.31. The van der Waals surface area contributed by atoms with Crippen LogP contribution in [0.25, 0.3) is 0 Å². The quantitative estimate of drug-likeness (QED) is 0.203. The van der Waals surface area contributed by atoms with Crippen LogP contribution in [0, 0.1) is 11.8 Å². The van der Waals surface area contributed by atoms with Gasteiger partial charge in [0.25, 0.3) is 0 Å². The summed E-state index contributed by atoms with van der Waals surface area (Å²) in [5.74, 6) is -3.00. The molecule has 2 heterocycles. The third-order valence-electron chi connectivity index (χ3n) is 6.64. The lowest BCUT2D eigenvalue weighted by Crippen LogP contribution is -2.48. The number of epoxide rings is 1. The number of rotatable bonds is 4. The van der Waals surface area contributed by atoms with Crippen LogP contribution >= 0.6 is 0 Å². The fourth-order valence-corrected chi connectivity index (χ4v) is 4.75. The summed E-state index contributed by atoms with van der Waals surface area (Å²) in [6.07, 6.45) is -0.280. The second-order valence-corrected chi connectivity index (χ2v) is 9.23. The molecule has 0 aromatic carbocycles. The van der Waals surface area contributed by atoms with Gasteiger partial charge < -0.3 is 23.7 Å². The summed E-state index contributed by atoms with van der Waals surface area (Å²) in [7, 11) is 0. The first-order valence-electron chi connectivity index (χ1n) is 11.1. The summed E-state index contributed by atoms with van der Waals surface area (Å²) < 4.78 is 28.6. The fraction of sp³-hybridized carbons (Fsp3) is 0.667. The van der Waals surface area contributed by atoms with Crippen molar-refractivity contribution in [2.45, 2.75) is 91.0 Å². The summed E-state index contributed by atoms with van der Waals surface area (Å²) in [6, 6.07) is 0. The molecule has 3 rings (SSSR count). The van der Waals surface area contributed by atoms with Crippen LogP contribution in [0.5, 0.6) is 0 Å². The highest BCUT2D eigenvalue weighted by Gasteiger charge is 2.70. The zero-order valence-electron chi connectivity index (χ0n) is 20.1. The Balaban J connectivity index is 2.07. The first-order valence-corrected chi connectivity index (χ1v) is 11.1. The third-order valence-corrected chi connectivity index (χ3v) is 6.64. The maximum Gasteiger partial charge on any atom is 0.333 e. The van der Waals surface area contributed by atoms with E-state index in [1.54, 1.807) is 46.8 Å². The molecule has 2 aliphatic heterocycles. The minimum Gasteiger partial charge on any atom is -0.459 e. The average molecular weight is 465 g/mol. The predicted octanol–water partition coefficient (Wildman–Crippen LogP) is 2.41. The SMILES string of the molecule is C/C=C(\C)C(=O)O[C@@H]1C/C(C)=C/[C@@H](OC(C)=O)[C@H](OC(C)=O)[C@@]2(C)O[C@@H]2[C@H]2OC(=O)[C@@H](C)[C@@H]21. The van der Waals surface area contributed by atoms with E-state index in [2.05, 4.69) is 0 Å². The van der Waals surface area contributed by atoms with Crippen molar-refractivity contribution < 1.29 is 42.9 Å². The Morgan fingerprint density at radius 1 is 1.12 bits per heavy atom. The van der Waals surface area contributed by atoms with E-state index in [0.29, 0.717) is 5.57 Å². The van der Waals surface area contributed by atoms with Crippen LogP contribution in [0.2, 0.25) is 0 Å². The molecule has 33 heavy (non-hydrogen) atoms. The summed E-state index contributed by atoms with van der Waals surface area (Å²) in [5.41, 5.74) is 0.117. The monoisotopic (exact) mass is 464 g/mol. The second-order valence-electron chi connectivity index (χ2n) is 9.23. The van der Waals surface area contributed by atoms with Gasteiger partial charge in [-0.15, -0.1) is 0 Å². The zero-order valence-corrected chi connectivity index (χ0v) is 20.1. The molecule has 182 valence electrons. The second kappa shape index (κ2) is 9.29. The zero-order chi connectivity index (χ0) is 24.7. The van der Waals surface area contributed by atoms with Crippen LogP contribution in [0.1, 0.15) is 54.9 Å². The Hall–Kier alpha value is -2.68. The standard InChI is InChI=1S/C24H32O9/c1-8-12(3)22(27)31-16-9-11(2)10-17(29-14(5)25)20(30-15(6)26)24(7)21(33-24)19-18(16)13(4)23(28)32-19/h8,10,13,16-21H,9H2,1-7H3/b11-10+,12-8+/t13-,16+,17+,18+,19-,20-,21+,24+/m0/s1. The summed E-state index contributed by atoms with van der Waals surface area (Å²) in [6.45, 7) is 11.2. The van der Waals surface area contributed by atoms with Gasteiger partial charge in [-0.1, -0.05) is 18.6 Å². The Morgan fingerprint density at radius 3 is 2.33 bits per heavy atom. The minimum absolute atomic E-state index is 0.277. The Kier molecular flexibility index (Phi) is 7.02. The molecule has 0 amide bonds. The number of ether oxygens (including phenoxy) is 5. The van der Waals surface area contributed by atoms with Crippen LogP contribution in [-0.2, 0) is 42.9 Å². The van der Waals surface area contributed by atoms with Crippen LogP contribution in [0.4, 0.5) is 0 Å². The van der Waals surface area contributed by atoms with Gasteiger partial charge in [-0.25, -0.2) is 4.79 Å². The first-order chi connectivity index (χ1) is 15.4. The van der Waals surface area contributed by atoms with Crippen molar-refractivity contribution in [3.63, 3.8) is 0 Å².